The van der Waals surface area contributed by atoms with Crippen LogP contribution in [0.4, 0.5) is 87.8 Å². The van der Waals surface area contributed by atoms with Crippen LogP contribution in [0.5, 0.6) is 0 Å². The minimum Gasteiger partial charge on any atom is -0.330 e. The van der Waals surface area contributed by atoms with E-state index in [-0.39, 0.29) is 0 Å². The highest BCUT2D eigenvalue weighted by molar-refractivity contribution is 5.20. The van der Waals surface area contributed by atoms with Crippen molar-refractivity contribution in [1.82, 2.24) is 0 Å². The highest BCUT2D eigenvalue weighted by Gasteiger charge is 2.96. The molecule has 0 aliphatic heterocycles. The predicted molar refractivity (Wildman–Crippen MR) is 76.8 cm³/mol. The van der Waals surface area contributed by atoms with Gasteiger partial charge >= 0.3 is 47.9 Å². The summed E-state index contributed by atoms with van der Waals surface area (Å²) in [7, 11) is 0. The molecule has 0 fully saturated rings. The van der Waals surface area contributed by atoms with Crippen molar-refractivity contribution in [3.8, 4) is 0 Å². The van der Waals surface area contributed by atoms with E-state index in [1.165, 1.54) is 0 Å². The zero-order valence-corrected chi connectivity index (χ0v) is 16.5. The highest BCUT2D eigenvalue weighted by atomic mass is 19.4. The molecule has 0 bridgehead atoms. The van der Waals surface area contributed by atoms with Gasteiger partial charge in [0.15, 0.2) is 0 Å². The molecule has 218 valence electrons. The van der Waals surface area contributed by atoms with Crippen molar-refractivity contribution in [2.24, 2.45) is 11.5 Å². The van der Waals surface area contributed by atoms with Gasteiger partial charge in [0.05, 0.1) is 0 Å². The maximum absolute atomic E-state index is 13.9. The maximum Gasteiger partial charge on any atom is 0.428 e. The monoisotopic (exact) mass is 588 g/mol. The second kappa shape index (κ2) is 9.07. The SMILES string of the molecule is NCCC(F)(C(F)(F)F)C(F)(F)C(F)(F)C(F)(F)C(F)(F)C(F)(F)C(F)(F)C(F)(CCN)C(F)(F)F. The lowest BCUT2D eigenvalue weighted by molar-refractivity contribution is -0.461. The molecule has 0 aromatic rings. The van der Waals surface area contributed by atoms with Gasteiger partial charge in [-0.15, -0.1) is 0 Å². The van der Waals surface area contributed by atoms with Crippen LogP contribution in [0.2, 0.25) is 0 Å². The smallest absolute Gasteiger partial charge is 0.330 e. The molecule has 22 heteroatoms. The number of alkyl halides is 20. The Kier molecular flexibility index (Phi) is 8.70. The Morgan fingerprint density at radius 2 is 0.472 bits per heavy atom. The number of rotatable bonds is 11. The first-order chi connectivity index (χ1) is 15.4. The fourth-order valence-electron chi connectivity index (χ4n) is 2.64. The van der Waals surface area contributed by atoms with Gasteiger partial charge in [-0.05, 0) is 13.1 Å². The van der Waals surface area contributed by atoms with Gasteiger partial charge in [0.2, 0.25) is 0 Å². The lowest BCUT2D eigenvalue weighted by atomic mass is 9.79. The van der Waals surface area contributed by atoms with E-state index in [1.54, 1.807) is 0 Å². The number of halogens is 20. The van der Waals surface area contributed by atoms with Gasteiger partial charge in [-0.1, -0.05) is 0 Å². The summed E-state index contributed by atoms with van der Waals surface area (Å²) in [6.45, 7) is -4.13. The Balaban J connectivity index is 7.25. The van der Waals surface area contributed by atoms with E-state index < -0.39 is 85.2 Å². The third kappa shape index (κ3) is 4.22. The summed E-state index contributed by atoms with van der Waals surface area (Å²) < 4.78 is 269. The predicted octanol–water partition coefficient (Wildman–Crippen LogP) is 6.04. The summed E-state index contributed by atoms with van der Waals surface area (Å²) in [5.41, 5.74) is -5.50. The molecule has 0 amide bonds. The van der Waals surface area contributed by atoms with Crippen molar-refractivity contribution in [2.75, 3.05) is 13.1 Å². The summed E-state index contributed by atoms with van der Waals surface area (Å²) in [5, 5.41) is 0. The standard InChI is InChI=1S/C14H12F20N2/c15-5(1-3-35,13(29,30)31)7(17,18)9(21,22)11(25,26)12(27,28)10(23,24)8(19,20)6(16,2-4-36)14(32,33)34/h1-4,35-36H2. The largest absolute Gasteiger partial charge is 0.428 e. The quantitative estimate of drug-likeness (QED) is 0.290. The van der Waals surface area contributed by atoms with E-state index in [2.05, 4.69) is 11.5 Å². The van der Waals surface area contributed by atoms with Crippen molar-refractivity contribution in [2.45, 2.75) is 72.1 Å². The van der Waals surface area contributed by atoms with Crippen LogP contribution in [0.1, 0.15) is 12.8 Å². The van der Waals surface area contributed by atoms with E-state index in [9.17, 15) is 87.8 Å². The van der Waals surface area contributed by atoms with Gasteiger partial charge in [-0.3, -0.25) is 0 Å². The fourth-order valence-corrected chi connectivity index (χ4v) is 2.64. The Bertz CT molecular complexity index is 705. The van der Waals surface area contributed by atoms with Gasteiger partial charge in [0.1, 0.15) is 0 Å². The third-order valence-corrected chi connectivity index (χ3v) is 4.84. The van der Waals surface area contributed by atoms with E-state index in [0.29, 0.717) is 0 Å². The number of hydrogen-bond donors (Lipinski definition) is 2. The molecule has 0 aromatic carbocycles. The number of nitrogens with two attached hydrogens (primary N) is 2. The van der Waals surface area contributed by atoms with Crippen LogP contribution in [0.25, 0.3) is 0 Å². The molecule has 0 aromatic heterocycles. The van der Waals surface area contributed by atoms with E-state index in [1.807, 2.05) is 0 Å². The minimum absolute atomic E-state index is 2.06. The molecule has 4 N–H and O–H groups in total. The van der Waals surface area contributed by atoms with Crippen LogP contribution < -0.4 is 11.5 Å². The van der Waals surface area contributed by atoms with E-state index in [4.69, 9.17) is 0 Å². The molecule has 2 unspecified atom stereocenters. The van der Waals surface area contributed by atoms with Crippen molar-refractivity contribution < 1.29 is 87.8 Å². The van der Waals surface area contributed by atoms with Crippen molar-refractivity contribution >= 4 is 0 Å². The zero-order valence-electron chi connectivity index (χ0n) is 16.5. The van der Waals surface area contributed by atoms with Crippen LogP contribution in [0.3, 0.4) is 0 Å². The summed E-state index contributed by atoms with van der Waals surface area (Å²) in [4.78, 5) is 0. The molecular formula is C14H12F20N2. The normalized spacial score (nSPS) is 19.2. The van der Waals surface area contributed by atoms with E-state index in [0.717, 1.165) is 0 Å². The zero-order chi connectivity index (χ0) is 29.8. The van der Waals surface area contributed by atoms with Crippen molar-refractivity contribution in [1.29, 1.82) is 0 Å². The topological polar surface area (TPSA) is 52.0 Å². The summed E-state index contributed by atoms with van der Waals surface area (Å²) in [5.74, 6) is -51.7. The first kappa shape index (κ1) is 34.5. The first-order valence-corrected chi connectivity index (χ1v) is 8.55. The van der Waals surface area contributed by atoms with Gasteiger partial charge in [-0.2, -0.15) is 79.0 Å². The van der Waals surface area contributed by atoms with Crippen LogP contribution in [-0.4, -0.2) is 72.3 Å². The fraction of sp³-hybridized carbons (Fsp3) is 1.00. The van der Waals surface area contributed by atoms with Gasteiger partial charge in [-0.25, -0.2) is 8.78 Å². The molecule has 0 radical (unpaired) electrons. The molecule has 0 rings (SSSR count). The Morgan fingerprint density at radius 1 is 0.306 bits per heavy atom. The maximum atomic E-state index is 13.9. The molecule has 36 heavy (non-hydrogen) atoms. The Labute approximate surface area is 185 Å². The molecule has 0 aliphatic carbocycles. The Morgan fingerprint density at radius 3 is 0.611 bits per heavy atom. The molecule has 0 heterocycles. The molecular weight excluding hydrogens is 576 g/mol. The summed E-state index contributed by atoms with van der Waals surface area (Å²) in [6.07, 6.45) is -21.0. The van der Waals surface area contributed by atoms with Gasteiger partial charge in [0, 0.05) is 12.8 Å². The van der Waals surface area contributed by atoms with Crippen molar-refractivity contribution in [3.05, 3.63) is 0 Å². The lowest BCUT2D eigenvalue weighted by Gasteiger charge is -2.46. The molecule has 0 saturated carbocycles. The minimum atomic E-state index is -8.91. The van der Waals surface area contributed by atoms with Crippen LogP contribution in [0.15, 0.2) is 0 Å². The molecule has 0 spiro atoms. The van der Waals surface area contributed by atoms with Crippen LogP contribution in [-0.2, 0) is 0 Å². The molecule has 0 saturated heterocycles. The number of hydrogen-bond acceptors (Lipinski definition) is 2. The Hall–Kier alpha value is -1.48. The molecule has 2 nitrogen and oxygen atoms in total. The second-order valence-electron chi connectivity index (χ2n) is 7.12. The average Bonchev–Trinajstić information content (AvgIpc) is 2.65. The van der Waals surface area contributed by atoms with Crippen molar-refractivity contribution in [3.63, 3.8) is 0 Å². The lowest BCUT2D eigenvalue weighted by Crippen LogP contribution is -2.77. The highest BCUT2D eigenvalue weighted by Crippen LogP contribution is 2.66. The van der Waals surface area contributed by atoms with Crippen LogP contribution in [0, 0.1) is 0 Å². The van der Waals surface area contributed by atoms with Gasteiger partial charge < -0.3 is 11.5 Å². The van der Waals surface area contributed by atoms with Crippen LogP contribution >= 0.6 is 0 Å². The van der Waals surface area contributed by atoms with E-state index >= 15 is 0 Å². The van der Waals surface area contributed by atoms with Gasteiger partial charge in [0.25, 0.3) is 11.3 Å². The summed E-state index contributed by atoms with van der Waals surface area (Å²) >= 11 is 0. The molecule has 0 aliphatic rings. The average molecular weight is 588 g/mol. The summed E-state index contributed by atoms with van der Waals surface area (Å²) in [6, 6.07) is 0. The second-order valence-corrected chi connectivity index (χ2v) is 7.12. The third-order valence-electron chi connectivity index (χ3n) is 4.84. The first-order valence-electron chi connectivity index (χ1n) is 8.55. The molecule has 2 atom stereocenters.